The van der Waals surface area contributed by atoms with Crippen molar-refractivity contribution in [2.45, 2.75) is 52.0 Å². The van der Waals surface area contributed by atoms with Crippen molar-refractivity contribution in [2.24, 2.45) is 5.92 Å². The summed E-state index contributed by atoms with van der Waals surface area (Å²) in [6.45, 7) is 7.18. The molecule has 1 aliphatic rings. The van der Waals surface area contributed by atoms with Gasteiger partial charge in [0, 0.05) is 12.6 Å². The second-order valence-electron chi connectivity index (χ2n) is 4.22. The third kappa shape index (κ3) is 3.97. The van der Waals surface area contributed by atoms with Gasteiger partial charge in [-0.1, -0.05) is 26.2 Å². The number of ether oxygens (including phenoxy) is 1. The smallest absolute Gasteiger partial charge is 0.0509 e. The molecule has 0 radical (unpaired) electrons. The van der Waals surface area contributed by atoms with Crippen molar-refractivity contribution in [1.82, 2.24) is 5.32 Å². The van der Waals surface area contributed by atoms with E-state index in [0.29, 0.717) is 6.04 Å². The summed E-state index contributed by atoms with van der Waals surface area (Å²) in [7, 11) is 0. The van der Waals surface area contributed by atoms with Gasteiger partial charge in [-0.2, -0.15) is 0 Å². The number of hydrogen-bond acceptors (Lipinski definition) is 2. The van der Waals surface area contributed by atoms with Gasteiger partial charge < -0.3 is 10.1 Å². The van der Waals surface area contributed by atoms with Crippen LogP contribution in [0.2, 0.25) is 0 Å². The van der Waals surface area contributed by atoms with Crippen LogP contribution < -0.4 is 5.32 Å². The van der Waals surface area contributed by atoms with Gasteiger partial charge in [-0.3, -0.25) is 0 Å². The Morgan fingerprint density at radius 2 is 1.93 bits per heavy atom. The number of hydrogen-bond donors (Lipinski definition) is 1. The van der Waals surface area contributed by atoms with Gasteiger partial charge >= 0.3 is 0 Å². The Labute approximate surface area is 88.4 Å². The lowest BCUT2D eigenvalue weighted by Crippen LogP contribution is -2.37. The quantitative estimate of drug-likeness (QED) is 0.687. The predicted octanol–water partition coefficient (Wildman–Crippen LogP) is 2.58. The van der Waals surface area contributed by atoms with E-state index in [-0.39, 0.29) is 0 Å². The molecule has 0 heterocycles. The van der Waals surface area contributed by atoms with Crippen LogP contribution in [-0.4, -0.2) is 25.8 Å². The lowest BCUT2D eigenvalue weighted by atomic mass is 9.95. The maximum absolute atomic E-state index is 5.57. The highest BCUT2D eigenvalue weighted by Crippen LogP contribution is 2.23. The maximum Gasteiger partial charge on any atom is 0.0509 e. The zero-order chi connectivity index (χ0) is 10.2. The van der Waals surface area contributed by atoms with Crippen molar-refractivity contribution < 1.29 is 4.74 Å². The van der Waals surface area contributed by atoms with Gasteiger partial charge in [0.25, 0.3) is 0 Å². The van der Waals surface area contributed by atoms with Gasteiger partial charge in [0.1, 0.15) is 0 Å². The average molecular weight is 199 g/mol. The van der Waals surface area contributed by atoms with E-state index >= 15 is 0 Å². The Balaban J connectivity index is 2.37. The van der Waals surface area contributed by atoms with Crippen molar-refractivity contribution in [3.05, 3.63) is 0 Å². The first-order valence-corrected chi connectivity index (χ1v) is 6.19. The zero-order valence-electron chi connectivity index (χ0n) is 9.72. The molecule has 1 saturated carbocycles. The molecule has 0 bridgehead atoms. The fourth-order valence-corrected chi connectivity index (χ4v) is 2.38. The van der Waals surface area contributed by atoms with E-state index in [9.17, 15) is 0 Å². The summed E-state index contributed by atoms with van der Waals surface area (Å²) in [5.74, 6) is 0.748. The van der Waals surface area contributed by atoms with Gasteiger partial charge in [0.15, 0.2) is 0 Å². The highest BCUT2D eigenvalue weighted by atomic mass is 16.5. The largest absolute Gasteiger partial charge is 0.381 e. The predicted molar refractivity (Wildman–Crippen MR) is 60.5 cm³/mol. The highest BCUT2D eigenvalue weighted by molar-refractivity contribution is 4.78. The summed E-state index contributed by atoms with van der Waals surface area (Å²) in [4.78, 5) is 0. The first kappa shape index (κ1) is 12.0. The third-order valence-electron chi connectivity index (χ3n) is 3.16. The van der Waals surface area contributed by atoms with Crippen molar-refractivity contribution in [3.63, 3.8) is 0 Å². The van der Waals surface area contributed by atoms with E-state index in [1.54, 1.807) is 0 Å². The van der Waals surface area contributed by atoms with Crippen molar-refractivity contribution in [2.75, 3.05) is 19.8 Å². The van der Waals surface area contributed by atoms with Crippen molar-refractivity contribution in [3.8, 4) is 0 Å². The molecule has 1 fully saturated rings. The summed E-state index contributed by atoms with van der Waals surface area (Å²) in [6, 6.07) is 0.703. The molecule has 2 atom stereocenters. The second-order valence-corrected chi connectivity index (χ2v) is 4.22. The molecule has 0 amide bonds. The van der Waals surface area contributed by atoms with Crippen LogP contribution in [0.1, 0.15) is 46.0 Å². The zero-order valence-corrected chi connectivity index (χ0v) is 9.72. The Morgan fingerprint density at radius 3 is 2.64 bits per heavy atom. The van der Waals surface area contributed by atoms with Crippen LogP contribution in [0.5, 0.6) is 0 Å². The standard InChI is InChI=1S/C12H25NO/c1-3-13-12-9-7-5-6-8-11(12)10-14-4-2/h11-13H,3-10H2,1-2H3. The lowest BCUT2D eigenvalue weighted by molar-refractivity contribution is 0.0912. The number of rotatable bonds is 5. The van der Waals surface area contributed by atoms with Gasteiger partial charge in [-0.15, -0.1) is 0 Å². The molecule has 2 unspecified atom stereocenters. The molecule has 1 N–H and O–H groups in total. The normalized spacial score (nSPS) is 28.7. The lowest BCUT2D eigenvalue weighted by Gasteiger charge is -2.25. The van der Waals surface area contributed by atoms with E-state index < -0.39 is 0 Å². The molecule has 1 aliphatic carbocycles. The fraction of sp³-hybridized carbons (Fsp3) is 1.00. The van der Waals surface area contributed by atoms with Crippen LogP contribution in [0.25, 0.3) is 0 Å². The third-order valence-corrected chi connectivity index (χ3v) is 3.16. The van der Waals surface area contributed by atoms with Gasteiger partial charge in [-0.25, -0.2) is 0 Å². The maximum atomic E-state index is 5.57. The molecule has 2 heteroatoms. The molecule has 0 spiro atoms. The van der Waals surface area contributed by atoms with Crippen LogP contribution in [0.15, 0.2) is 0 Å². The van der Waals surface area contributed by atoms with Crippen LogP contribution in [0.4, 0.5) is 0 Å². The first-order chi connectivity index (χ1) is 6.88. The summed E-state index contributed by atoms with van der Waals surface area (Å²) in [6.07, 6.45) is 6.87. The van der Waals surface area contributed by atoms with Gasteiger partial charge in [-0.05, 0) is 32.2 Å². The van der Waals surface area contributed by atoms with E-state index in [1.807, 2.05) is 0 Å². The summed E-state index contributed by atoms with van der Waals surface area (Å²) in [5, 5.41) is 3.60. The van der Waals surface area contributed by atoms with Crippen LogP contribution in [0.3, 0.4) is 0 Å². The molecule has 14 heavy (non-hydrogen) atoms. The number of nitrogens with one attached hydrogen (secondary N) is 1. The minimum absolute atomic E-state index is 0.703. The summed E-state index contributed by atoms with van der Waals surface area (Å²) >= 11 is 0. The van der Waals surface area contributed by atoms with Gasteiger partial charge in [0.05, 0.1) is 6.61 Å². The Morgan fingerprint density at radius 1 is 1.14 bits per heavy atom. The Bertz CT molecular complexity index is 138. The molecular weight excluding hydrogens is 174 g/mol. The molecule has 84 valence electrons. The molecular formula is C12H25NO. The molecule has 0 aliphatic heterocycles. The van der Waals surface area contributed by atoms with Crippen LogP contribution in [0, 0.1) is 5.92 Å². The van der Waals surface area contributed by atoms with E-state index in [2.05, 4.69) is 19.2 Å². The van der Waals surface area contributed by atoms with E-state index in [0.717, 1.165) is 25.7 Å². The van der Waals surface area contributed by atoms with E-state index in [1.165, 1.54) is 32.1 Å². The van der Waals surface area contributed by atoms with Crippen LogP contribution in [-0.2, 0) is 4.74 Å². The molecule has 0 aromatic heterocycles. The first-order valence-electron chi connectivity index (χ1n) is 6.19. The topological polar surface area (TPSA) is 21.3 Å². The molecule has 0 saturated heterocycles. The molecule has 0 aromatic carbocycles. The van der Waals surface area contributed by atoms with Crippen LogP contribution >= 0.6 is 0 Å². The molecule has 0 aromatic rings. The summed E-state index contributed by atoms with van der Waals surface area (Å²) < 4.78 is 5.57. The Hall–Kier alpha value is -0.0800. The molecule has 2 nitrogen and oxygen atoms in total. The highest BCUT2D eigenvalue weighted by Gasteiger charge is 2.22. The van der Waals surface area contributed by atoms with Crippen molar-refractivity contribution >= 4 is 0 Å². The fourth-order valence-electron chi connectivity index (χ4n) is 2.38. The van der Waals surface area contributed by atoms with Crippen molar-refractivity contribution in [1.29, 1.82) is 0 Å². The minimum atomic E-state index is 0.703. The minimum Gasteiger partial charge on any atom is -0.381 e. The SMILES string of the molecule is CCNC1CCCCCC1COCC. The average Bonchev–Trinajstić information content (AvgIpc) is 2.41. The summed E-state index contributed by atoms with van der Waals surface area (Å²) in [5.41, 5.74) is 0. The monoisotopic (exact) mass is 199 g/mol. The van der Waals surface area contributed by atoms with Gasteiger partial charge in [0.2, 0.25) is 0 Å². The molecule has 1 rings (SSSR count). The van der Waals surface area contributed by atoms with E-state index in [4.69, 9.17) is 4.74 Å². The second kappa shape index (κ2) is 7.24. The Kier molecular flexibility index (Phi) is 6.20.